The van der Waals surface area contributed by atoms with Crippen molar-refractivity contribution in [3.05, 3.63) is 28.8 Å². The van der Waals surface area contributed by atoms with Crippen LogP contribution >= 0.6 is 0 Å². The van der Waals surface area contributed by atoms with Crippen molar-refractivity contribution in [3.63, 3.8) is 0 Å². The monoisotopic (exact) mass is 420 g/mol. The summed E-state index contributed by atoms with van der Waals surface area (Å²) < 4.78 is 35.8. The fourth-order valence-corrected chi connectivity index (χ4v) is 4.34. The molecule has 2 heterocycles. The number of imide groups is 1. The molecule has 1 aliphatic carbocycles. The number of halogens is 2. The van der Waals surface area contributed by atoms with E-state index >= 15 is 8.78 Å². The fraction of sp³-hybridized carbons (Fsp3) is 0.591. The van der Waals surface area contributed by atoms with Crippen LogP contribution in [0.1, 0.15) is 70.9 Å². The van der Waals surface area contributed by atoms with Gasteiger partial charge in [0.2, 0.25) is 5.91 Å². The smallest absolute Gasteiger partial charge is 0.417 e. The van der Waals surface area contributed by atoms with Crippen LogP contribution < -0.4 is 4.90 Å². The quantitative estimate of drug-likeness (QED) is 0.725. The van der Waals surface area contributed by atoms with Crippen LogP contribution in [0, 0.1) is 11.6 Å². The third-order valence-corrected chi connectivity index (χ3v) is 5.96. The van der Waals surface area contributed by atoms with Crippen molar-refractivity contribution in [3.8, 4) is 0 Å². The number of rotatable bonds is 2. The number of ether oxygens (including phenoxy) is 1. The van der Waals surface area contributed by atoms with Gasteiger partial charge in [0.15, 0.2) is 0 Å². The van der Waals surface area contributed by atoms with Crippen LogP contribution in [-0.4, -0.2) is 41.0 Å². The second-order valence-electron chi connectivity index (χ2n) is 9.83. The van der Waals surface area contributed by atoms with Crippen molar-refractivity contribution in [2.45, 2.75) is 76.9 Å². The molecule has 3 amide bonds. The first kappa shape index (κ1) is 20.8. The van der Waals surface area contributed by atoms with E-state index in [4.69, 9.17) is 4.74 Å². The van der Waals surface area contributed by atoms with Crippen LogP contribution in [0.3, 0.4) is 0 Å². The van der Waals surface area contributed by atoms with Crippen molar-refractivity contribution >= 4 is 23.6 Å². The zero-order valence-electron chi connectivity index (χ0n) is 17.8. The minimum atomic E-state index is -1.31. The van der Waals surface area contributed by atoms with Gasteiger partial charge in [0.1, 0.15) is 23.3 Å². The number of likely N-dealkylation sites (tertiary alicyclic amines) is 1. The lowest BCUT2D eigenvalue weighted by atomic mass is 9.84. The number of anilines is 1. The molecular formula is C22H26F2N2O4. The van der Waals surface area contributed by atoms with E-state index in [9.17, 15) is 14.4 Å². The average molecular weight is 420 g/mol. The Labute approximate surface area is 174 Å². The number of carbonyl (C=O) groups excluding carboxylic acids is 3. The van der Waals surface area contributed by atoms with Crippen molar-refractivity contribution in [2.24, 2.45) is 0 Å². The van der Waals surface area contributed by atoms with Gasteiger partial charge in [-0.3, -0.25) is 14.5 Å². The summed E-state index contributed by atoms with van der Waals surface area (Å²) in [6.07, 6.45) is 0.903. The van der Waals surface area contributed by atoms with E-state index in [2.05, 4.69) is 0 Å². The summed E-state index contributed by atoms with van der Waals surface area (Å²) in [4.78, 5) is 40.6. The molecule has 2 aliphatic heterocycles. The summed E-state index contributed by atoms with van der Waals surface area (Å²) in [5.74, 6) is -2.50. The maximum absolute atomic E-state index is 15.3. The highest BCUT2D eigenvalue weighted by molar-refractivity contribution is 6.13. The van der Waals surface area contributed by atoms with Crippen LogP contribution in [0.5, 0.6) is 0 Å². The highest BCUT2D eigenvalue weighted by Gasteiger charge is 2.54. The molecule has 1 aromatic carbocycles. The van der Waals surface area contributed by atoms with E-state index in [-0.39, 0.29) is 30.1 Å². The second-order valence-corrected chi connectivity index (χ2v) is 9.83. The number of hydrogen-bond donors (Lipinski definition) is 0. The molecule has 1 saturated heterocycles. The van der Waals surface area contributed by atoms with Gasteiger partial charge in [-0.15, -0.1) is 0 Å². The highest BCUT2D eigenvalue weighted by Crippen LogP contribution is 2.51. The first-order chi connectivity index (χ1) is 13.8. The van der Waals surface area contributed by atoms with Crippen molar-refractivity contribution in [1.82, 2.24) is 4.90 Å². The SMILES string of the molecule is CC(C)(C)OC(=O)N1CCC(N2C(=O)C(C)(C)c3c(F)c(C4CC4)cc(F)c32)C1=O. The van der Waals surface area contributed by atoms with Gasteiger partial charge < -0.3 is 4.74 Å². The molecule has 3 aliphatic rings. The van der Waals surface area contributed by atoms with Crippen LogP contribution in [0.2, 0.25) is 0 Å². The third-order valence-electron chi connectivity index (χ3n) is 5.96. The minimum absolute atomic E-state index is 0.00193. The topological polar surface area (TPSA) is 66.9 Å². The van der Waals surface area contributed by atoms with Crippen LogP contribution in [0.4, 0.5) is 19.3 Å². The predicted molar refractivity (Wildman–Crippen MR) is 105 cm³/mol. The first-order valence-corrected chi connectivity index (χ1v) is 10.2. The van der Waals surface area contributed by atoms with Crippen molar-refractivity contribution in [2.75, 3.05) is 11.4 Å². The molecule has 1 atom stereocenters. The normalized spacial score (nSPS) is 23.2. The zero-order valence-corrected chi connectivity index (χ0v) is 17.8. The Bertz CT molecular complexity index is 963. The Morgan fingerprint density at radius 2 is 1.80 bits per heavy atom. The number of nitrogens with zero attached hydrogens (tertiary/aromatic N) is 2. The van der Waals surface area contributed by atoms with E-state index in [1.807, 2.05) is 0 Å². The van der Waals surface area contributed by atoms with Gasteiger partial charge in [0, 0.05) is 12.1 Å². The Morgan fingerprint density at radius 1 is 1.17 bits per heavy atom. The van der Waals surface area contributed by atoms with E-state index in [0.717, 1.165) is 28.7 Å². The summed E-state index contributed by atoms with van der Waals surface area (Å²) in [6.45, 7) is 8.17. The molecule has 6 nitrogen and oxygen atoms in total. The van der Waals surface area contributed by atoms with E-state index < -0.39 is 46.6 Å². The Balaban J connectivity index is 1.72. The molecule has 0 aromatic heterocycles. The van der Waals surface area contributed by atoms with Crippen LogP contribution in [0.15, 0.2) is 6.07 Å². The minimum Gasteiger partial charge on any atom is -0.443 e. The average Bonchev–Trinajstić information content (AvgIpc) is 3.35. The van der Waals surface area contributed by atoms with Crippen LogP contribution in [-0.2, 0) is 19.7 Å². The highest BCUT2D eigenvalue weighted by atomic mass is 19.1. The second kappa shape index (κ2) is 6.49. The lowest BCUT2D eigenvalue weighted by Crippen LogP contribution is -2.48. The van der Waals surface area contributed by atoms with Crippen molar-refractivity contribution in [1.29, 1.82) is 0 Å². The van der Waals surface area contributed by atoms with Gasteiger partial charge in [-0.25, -0.2) is 18.5 Å². The summed E-state index contributed by atoms with van der Waals surface area (Å²) in [5.41, 5.74) is -2.00. The molecule has 162 valence electrons. The Kier molecular flexibility index (Phi) is 4.49. The van der Waals surface area contributed by atoms with Gasteiger partial charge >= 0.3 is 6.09 Å². The van der Waals surface area contributed by atoms with Crippen molar-refractivity contribution < 1.29 is 27.9 Å². The number of amides is 3. The molecule has 1 unspecified atom stereocenters. The van der Waals surface area contributed by atoms with Gasteiger partial charge in [-0.2, -0.15) is 0 Å². The first-order valence-electron chi connectivity index (χ1n) is 10.2. The molecule has 4 rings (SSSR count). The predicted octanol–water partition coefficient (Wildman–Crippen LogP) is 4.00. The lowest BCUT2D eigenvalue weighted by molar-refractivity contribution is -0.131. The molecule has 0 bridgehead atoms. The van der Waals surface area contributed by atoms with E-state index in [1.165, 1.54) is 0 Å². The summed E-state index contributed by atoms with van der Waals surface area (Å²) in [6, 6.07) is 0.0738. The van der Waals surface area contributed by atoms with Crippen LogP contribution in [0.25, 0.3) is 0 Å². The largest absolute Gasteiger partial charge is 0.443 e. The van der Waals surface area contributed by atoms with Gasteiger partial charge in [0.25, 0.3) is 5.91 Å². The van der Waals surface area contributed by atoms with Gasteiger partial charge in [-0.1, -0.05) is 0 Å². The maximum Gasteiger partial charge on any atom is 0.417 e. The molecule has 30 heavy (non-hydrogen) atoms. The summed E-state index contributed by atoms with van der Waals surface area (Å²) in [5, 5.41) is 0. The molecule has 0 radical (unpaired) electrons. The number of hydrogen-bond acceptors (Lipinski definition) is 4. The molecular weight excluding hydrogens is 394 g/mol. The van der Waals surface area contributed by atoms with Gasteiger partial charge in [0.05, 0.1) is 11.1 Å². The Morgan fingerprint density at radius 3 is 2.37 bits per heavy atom. The molecule has 1 saturated carbocycles. The lowest BCUT2D eigenvalue weighted by Gasteiger charge is -2.27. The molecule has 0 spiro atoms. The number of carbonyl (C=O) groups is 3. The zero-order chi connectivity index (χ0) is 22.2. The van der Waals surface area contributed by atoms with E-state index in [0.29, 0.717) is 5.56 Å². The standard InChI is InChI=1S/C22H26F2N2O4/c1-21(2,3)30-20(29)25-9-8-14(18(25)27)26-17-13(23)10-12(11-6-7-11)16(24)15(17)22(4,5)19(26)28/h10-11,14H,6-9H2,1-5H3. The summed E-state index contributed by atoms with van der Waals surface area (Å²) in [7, 11) is 0. The maximum atomic E-state index is 15.3. The molecule has 1 aromatic rings. The third kappa shape index (κ3) is 3.08. The number of benzene rings is 1. The van der Waals surface area contributed by atoms with Gasteiger partial charge in [-0.05, 0) is 71.4 Å². The molecule has 0 N–H and O–H groups in total. The fourth-order valence-electron chi connectivity index (χ4n) is 4.34. The Hall–Kier alpha value is -2.51. The molecule has 8 heteroatoms. The molecule has 2 fully saturated rings. The van der Waals surface area contributed by atoms with E-state index in [1.54, 1.807) is 34.6 Å². The number of fused-ring (bicyclic) bond motifs is 1. The summed E-state index contributed by atoms with van der Waals surface area (Å²) >= 11 is 0.